The Bertz CT molecular complexity index is 995. The molecule has 1 saturated heterocycles. The van der Waals surface area contributed by atoms with Crippen LogP contribution in [0.4, 0.5) is 4.39 Å². The maximum atomic E-state index is 13.3. The van der Waals surface area contributed by atoms with Crippen molar-refractivity contribution in [2.45, 2.75) is 45.3 Å². The van der Waals surface area contributed by atoms with Crippen molar-refractivity contribution in [2.24, 2.45) is 7.05 Å². The Labute approximate surface area is 169 Å². The molecule has 3 heterocycles. The van der Waals surface area contributed by atoms with Gasteiger partial charge in [0.05, 0.1) is 17.0 Å². The molecule has 1 unspecified atom stereocenters. The molecule has 1 aromatic carbocycles. The molecular formula is C21H27FN6O. The van der Waals surface area contributed by atoms with E-state index in [1.807, 2.05) is 30.1 Å². The van der Waals surface area contributed by atoms with Crippen LogP contribution in [0.2, 0.25) is 0 Å². The molecule has 0 saturated carbocycles. The highest BCUT2D eigenvalue weighted by atomic mass is 19.1. The fourth-order valence-electron chi connectivity index (χ4n) is 4.21. The summed E-state index contributed by atoms with van der Waals surface area (Å²) >= 11 is 0. The number of aromatic nitrogens is 5. The van der Waals surface area contributed by atoms with E-state index >= 15 is 0 Å². The zero-order valence-electron chi connectivity index (χ0n) is 17.1. The van der Waals surface area contributed by atoms with Crippen LogP contribution in [0.3, 0.4) is 0 Å². The molecule has 154 valence electrons. The van der Waals surface area contributed by atoms with E-state index in [2.05, 4.69) is 20.2 Å². The lowest BCUT2D eigenvalue weighted by Gasteiger charge is -2.39. The second kappa shape index (κ2) is 7.68. The van der Waals surface area contributed by atoms with E-state index in [4.69, 9.17) is 0 Å². The molecular weight excluding hydrogens is 371 g/mol. The van der Waals surface area contributed by atoms with Crippen LogP contribution in [0.1, 0.15) is 35.6 Å². The molecule has 0 spiro atoms. The first-order valence-corrected chi connectivity index (χ1v) is 9.93. The molecule has 0 radical (unpaired) electrons. The average molecular weight is 398 g/mol. The van der Waals surface area contributed by atoms with E-state index in [9.17, 15) is 9.50 Å². The quantitative estimate of drug-likeness (QED) is 0.714. The number of benzene rings is 1. The molecule has 0 amide bonds. The summed E-state index contributed by atoms with van der Waals surface area (Å²) in [6.45, 7) is 6.27. The second-order valence-electron chi connectivity index (χ2n) is 8.11. The predicted molar refractivity (Wildman–Crippen MR) is 107 cm³/mol. The van der Waals surface area contributed by atoms with Crippen LogP contribution in [0.15, 0.2) is 30.6 Å². The summed E-state index contributed by atoms with van der Waals surface area (Å²) in [5, 5.41) is 23.9. The standard InChI is InChI=1S/C21H27FN6O/c1-15-19(16(2)28(25-15)18-7-5-17(22)6-8-18)12-27-10-4-9-21(29,13-27)11-20-24-23-14-26(20)3/h5-8,14,29H,4,9-13H2,1-3H3. The number of rotatable bonds is 5. The molecule has 1 N–H and O–H groups in total. The number of hydrogen-bond donors (Lipinski definition) is 1. The molecule has 2 aromatic heterocycles. The molecule has 29 heavy (non-hydrogen) atoms. The molecule has 4 rings (SSSR count). The Morgan fingerprint density at radius 2 is 1.97 bits per heavy atom. The summed E-state index contributed by atoms with van der Waals surface area (Å²) in [4.78, 5) is 2.28. The van der Waals surface area contributed by atoms with Crippen molar-refractivity contribution >= 4 is 0 Å². The highest BCUT2D eigenvalue weighted by Gasteiger charge is 2.35. The van der Waals surface area contributed by atoms with Crippen LogP contribution in [-0.2, 0) is 20.0 Å². The van der Waals surface area contributed by atoms with Gasteiger partial charge >= 0.3 is 0 Å². The highest BCUT2D eigenvalue weighted by Crippen LogP contribution is 2.27. The number of piperidine rings is 1. The number of likely N-dealkylation sites (tertiary alicyclic amines) is 1. The Kier molecular flexibility index (Phi) is 5.23. The Morgan fingerprint density at radius 3 is 2.66 bits per heavy atom. The fourth-order valence-corrected chi connectivity index (χ4v) is 4.21. The van der Waals surface area contributed by atoms with E-state index in [1.165, 1.54) is 12.1 Å². The van der Waals surface area contributed by atoms with Crippen molar-refractivity contribution in [1.29, 1.82) is 0 Å². The minimum Gasteiger partial charge on any atom is -0.388 e. The van der Waals surface area contributed by atoms with Gasteiger partial charge in [0.1, 0.15) is 18.0 Å². The lowest BCUT2D eigenvalue weighted by atomic mass is 9.89. The van der Waals surface area contributed by atoms with Gasteiger partial charge in [0.15, 0.2) is 0 Å². The largest absolute Gasteiger partial charge is 0.388 e. The number of nitrogens with zero attached hydrogens (tertiary/aromatic N) is 6. The molecule has 8 heteroatoms. The van der Waals surface area contributed by atoms with Gasteiger partial charge in [-0.25, -0.2) is 9.07 Å². The molecule has 0 aliphatic carbocycles. The molecule has 1 fully saturated rings. The normalized spacial score (nSPS) is 20.3. The molecule has 3 aromatic rings. The highest BCUT2D eigenvalue weighted by molar-refractivity contribution is 5.37. The monoisotopic (exact) mass is 398 g/mol. The Hall–Kier alpha value is -2.58. The summed E-state index contributed by atoms with van der Waals surface area (Å²) in [6.07, 6.45) is 3.84. The van der Waals surface area contributed by atoms with Gasteiger partial charge < -0.3 is 9.67 Å². The zero-order valence-corrected chi connectivity index (χ0v) is 17.1. The first-order valence-electron chi connectivity index (χ1n) is 9.93. The number of aliphatic hydroxyl groups is 1. The van der Waals surface area contributed by atoms with Crippen molar-refractivity contribution < 1.29 is 9.50 Å². The lowest BCUT2D eigenvalue weighted by molar-refractivity contribution is -0.0345. The van der Waals surface area contributed by atoms with Crippen LogP contribution in [-0.4, -0.2) is 53.2 Å². The second-order valence-corrected chi connectivity index (χ2v) is 8.11. The summed E-state index contributed by atoms with van der Waals surface area (Å²) in [6, 6.07) is 6.36. The van der Waals surface area contributed by atoms with E-state index in [0.717, 1.165) is 54.4 Å². The number of hydrogen-bond acceptors (Lipinski definition) is 5. The maximum absolute atomic E-state index is 13.3. The van der Waals surface area contributed by atoms with Crippen molar-refractivity contribution in [1.82, 2.24) is 29.4 Å². The van der Waals surface area contributed by atoms with Gasteiger partial charge in [0, 0.05) is 37.8 Å². The summed E-state index contributed by atoms with van der Waals surface area (Å²) in [7, 11) is 1.90. The number of halogens is 1. The first-order chi connectivity index (χ1) is 13.8. The predicted octanol–water partition coefficient (Wildman–Crippen LogP) is 2.33. The molecule has 0 bridgehead atoms. The van der Waals surface area contributed by atoms with Crippen LogP contribution in [0.5, 0.6) is 0 Å². The average Bonchev–Trinajstić information content (AvgIpc) is 3.20. The van der Waals surface area contributed by atoms with Gasteiger partial charge in [-0.05, 0) is 57.5 Å². The lowest BCUT2D eigenvalue weighted by Crippen LogP contribution is -2.49. The van der Waals surface area contributed by atoms with Crippen molar-refractivity contribution in [2.75, 3.05) is 13.1 Å². The third-order valence-electron chi connectivity index (χ3n) is 5.82. The van der Waals surface area contributed by atoms with Gasteiger partial charge in [-0.3, -0.25) is 4.90 Å². The molecule has 1 aliphatic heterocycles. The fraction of sp³-hybridized carbons (Fsp3) is 0.476. The summed E-state index contributed by atoms with van der Waals surface area (Å²) in [5.41, 5.74) is 3.17. The van der Waals surface area contributed by atoms with Crippen molar-refractivity contribution in [3.63, 3.8) is 0 Å². The minimum atomic E-state index is -0.812. The number of aryl methyl sites for hydroxylation is 2. The third-order valence-corrected chi connectivity index (χ3v) is 5.82. The van der Waals surface area contributed by atoms with Gasteiger partial charge in [-0.1, -0.05) is 0 Å². The van der Waals surface area contributed by atoms with Crippen LogP contribution in [0.25, 0.3) is 5.69 Å². The van der Waals surface area contributed by atoms with Gasteiger partial charge in [-0.15, -0.1) is 10.2 Å². The van der Waals surface area contributed by atoms with Crippen LogP contribution < -0.4 is 0 Å². The Morgan fingerprint density at radius 1 is 1.21 bits per heavy atom. The minimum absolute atomic E-state index is 0.258. The van der Waals surface area contributed by atoms with Crippen LogP contribution >= 0.6 is 0 Å². The topological polar surface area (TPSA) is 72.0 Å². The van der Waals surface area contributed by atoms with E-state index < -0.39 is 5.60 Å². The third kappa shape index (κ3) is 4.09. The van der Waals surface area contributed by atoms with E-state index in [0.29, 0.717) is 13.0 Å². The van der Waals surface area contributed by atoms with Gasteiger partial charge in [0.25, 0.3) is 0 Å². The zero-order chi connectivity index (χ0) is 20.6. The van der Waals surface area contributed by atoms with Crippen LogP contribution in [0, 0.1) is 19.7 Å². The SMILES string of the molecule is Cc1nn(-c2ccc(F)cc2)c(C)c1CN1CCCC(O)(Cc2nncn2C)C1. The first kappa shape index (κ1) is 19.7. The summed E-state index contributed by atoms with van der Waals surface area (Å²) in [5.74, 6) is 0.539. The number of β-amino-alcohol motifs (C(OH)–C–C–N with tert-alkyl or cyclic N) is 1. The van der Waals surface area contributed by atoms with E-state index in [-0.39, 0.29) is 5.82 Å². The molecule has 1 atom stereocenters. The summed E-state index contributed by atoms with van der Waals surface area (Å²) < 4.78 is 17.0. The molecule has 7 nitrogen and oxygen atoms in total. The van der Waals surface area contributed by atoms with Crippen molar-refractivity contribution in [3.05, 3.63) is 59.2 Å². The van der Waals surface area contributed by atoms with Crippen molar-refractivity contribution in [3.8, 4) is 5.69 Å². The smallest absolute Gasteiger partial charge is 0.135 e. The van der Waals surface area contributed by atoms with Gasteiger partial charge in [-0.2, -0.15) is 5.10 Å². The maximum Gasteiger partial charge on any atom is 0.135 e. The van der Waals surface area contributed by atoms with Gasteiger partial charge in [0.2, 0.25) is 0 Å². The Balaban J connectivity index is 1.51. The molecule has 1 aliphatic rings. The van der Waals surface area contributed by atoms with E-state index in [1.54, 1.807) is 18.5 Å².